The van der Waals surface area contributed by atoms with Gasteiger partial charge in [-0.2, -0.15) is 0 Å². The van der Waals surface area contributed by atoms with Crippen LogP contribution in [-0.2, 0) is 25.7 Å². The molecular weight excluding hydrogens is 304 g/mol. The number of rotatable bonds is 6. The van der Waals surface area contributed by atoms with Crippen LogP contribution in [0, 0.1) is 10.8 Å². The zero-order valence-electron chi connectivity index (χ0n) is 14.1. The Morgan fingerprint density at radius 2 is 1.88 bits per heavy atom. The van der Waals surface area contributed by atoms with Crippen LogP contribution in [0.5, 0.6) is 0 Å². The van der Waals surface area contributed by atoms with E-state index < -0.39 is 0 Å². The molecular formula is C20H24O4. The van der Waals surface area contributed by atoms with Crippen molar-refractivity contribution in [1.82, 2.24) is 0 Å². The first-order valence-electron chi connectivity index (χ1n) is 8.65. The summed E-state index contributed by atoms with van der Waals surface area (Å²) in [5.74, 6) is -0.396. The molecule has 128 valence electrons. The fraction of sp³-hybridized carbons (Fsp3) is 0.500. The van der Waals surface area contributed by atoms with Crippen molar-refractivity contribution in [3.05, 3.63) is 48.0 Å². The lowest BCUT2D eigenvalue weighted by Gasteiger charge is -2.57. The van der Waals surface area contributed by atoms with Crippen LogP contribution < -0.4 is 0 Å². The highest BCUT2D eigenvalue weighted by Gasteiger charge is 2.60. The van der Waals surface area contributed by atoms with E-state index in [1.807, 2.05) is 43.3 Å². The molecule has 1 aromatic carbocycles. The van der Waals surface area contributed by atoms with Crippen LogP contribution in [0.4, 0.5) is 0 Å². The normalized spacial score (nSPS) is 28.2. The maximum absolute atomic E-state index is 12.2. The Labute approximate surface area is 142 Å². The number of fused-ring (bicyclic) bond motifs is 2. The zero-order valence-corrected chi connectivity index (χ0v) is 14.1. The minimum Gasteiger partial charge on any atom is -0.466 e. The molecule has 1 aromatic rings. The van der Waals surface area contributed by atoms with Crippen molar-refractivity contribution in [2.75, 3.05) is 6.61 Å². The first-order valence-corrected chi connectivity index (χ1v) is 8.65. The van der Waals surface area contributed by atoms with E-state index in [-0.39, 0.29) is 29.4 Å². The molecule has 0 amide bonds. The minimum atomic E-state index is -0.326. The second-order valence-electron chi connectivity index (χ2n) is 7.00. The monoisotopic (exact) mass is 328 g/mol. The lowest BCUT2D eigenvalue weighted by molar-refractivity contribution is -0.176. The van der Waals surface area contributed by atoms with Crippen molar-refractivity contribution in [2.24, 2.45) is 10.8 Å². The molecule has 0 atom stereocenters. The van der Waals surface area contributed by atoms with Crippen molar-refractivity contribution in [3.63, 3.8) is 0 Å². The molecule has 3 fully saturated rings. The van der Waals surface area contributed by atoms with Crippen LogP contribution >= 0.6 is 0 Å². The molecule has 0 aliphatic heterocycles. The summed E-state index contributed by atoms with van der Waals surface area (Å²) in [6.07, 6.45) is 8.00. The maximum atomic E-state index is 12.2. The van der Waals surface area contributed by atoms with Gasteiger partial charge in [-0.25, -0.2) is 4.79 Å². The topological polar surface area (TPSA) is 52.6 Å². The van der Waals surface area contributed by atoms with Gasteiger partial charge in [-0.1, -0.05) is 42.8 Å². The molecule has 0 radical (unpaired) electrons. The molecule has 0 aromatic heterocycles. The Morgan fingerprint density at radius 3 is 2.58 bits per heavy atom. The first-order chi connectivity index (χ1) is 11.6. The molecule has 0 saturated heterocycles. The van der Waals surface area contributed by atoms with Gasteiger partial charge in [0.05, 0.1) is 12.0 Å². The fourth-order valence-electron chi connectivity index (χ4n) is 4.18. The van der Waals surface area contributed by atoms with E-state index >= 15 is 0 Å². The molecule has 3 aliphatic rings. The predicted octanol–water partition coefficient (Wildman–Crippen LogP) is 3.80. The highest BCUT2D eigenvalue weighted by Crippen LogP contribution is 2.64. The second kappa shape index (κ2) is 6.80. The summed E-state index contributed by atoms with van der Waals surface area (Å²) in [5.41, 5.74) is 0.628. The smallest absolute Gasteiger partial charge is 0.330 e. The highest BCUT2D eigenvalue weighted by atomic mass is 16.5. The van der Waals surface area contributed by atoms with Gasteiger partial charge >= 0.3 is 11.9 Å². The Hall–Kier alpha value is -2.10. The number of carbonyl (C=O) groups is 2. The van der Waals surface area contributed by atoms with Gasteiger partial charge in [-0.15, -0.1) is 0 Å². The molecule has 0 N–H and O–H groups in total. The van der Waals surface area contributed by atoms with Crippen molar-refractivity contribution < 1.29 is 19.1 Å². The number of hydrogen-bond acceptors (Lipinski definition) is 4. The van der Waals surface area contributed by atoms with Gasteiger partial charge < -0.3 is 9.47 Å². The summed E-state index contributed by atoms with van der Waals surface area (Å²) >= 11 is 0. The average Bonchev–Trinajstić information content (AvgIpc) is 2.59. The van der Waals surface area contributed by atoms with E-state index in [2.05, 4.69) is 0 Å². The molecule has 24 heavy (non-hydrogen) atoms. The Kier molecular flexibility index (Phi) is 4.74. The van der Waals surface area contributed by atoms with Crippen LogP contribution in [0.25, 0.3) is 0 Å². The number of hydrogen-bond donors (Lipinski definition) is 0. The SMILES string of the molecule is CCOC(=O)C12CCCC(/C=C/C(=O)OCc3ccccc3)(C1)C2. The van der Waals surface area contributed by atoms with Crippen LogP contribution in [-0.4, -0.2) is 18.5 Å². The third kappa shape index (κ3) is 3.37. The molecule has 4 rings (SSSR count). The number of ether oxygens (including phenoxy) is 2. The lowest BCUT2D eigenvalue weighted by Crippen LogP contribution is -2.54. The molecule has 0 spiro atoms. The van der Waals surface area contributed by atoms with Gasteiger partial charge in [0.25, 0.3) is 0 Å². The van der Waals surface area contributed by atoms with Crippen molar-refractivity contribution >= 4 is 11.9 Å². The van der Waals surface area contributed by atoms with Gasteiger partial charge in [0.2, 0.25) is 0 Å². The van der Waals surface area contributed by atoms with Crippen LogP contribution in [0.2, 0.25) is 0 Å². The fourth-order valence-corrected chi connectivity index (χ4v) is 4.18. The van der Waals surface area contributed by atoms with Crippen LogP contribution in [0.3, 0.4) is 0 Å². The zero-order chi connectivity index (χ0) is 17.0. The summed E-state index contributed by atoms with van der Waals surface area (Å²) in [6.45, 7) is 2.55. The molecule has 4 nitrogen and oxygen atoms in total. The van der Waals surface area contributed by atoms with Crippen LogP contribution in [0.15, 0.2) is 42.5 Å². The summed E-state index contributed by atoms with van der Waals surface area (Å²) < 4.78 is 10.5. The largest absolute Gasteiger partial charge is 0.466 e. The maximum Gasteiger partial charge on any atom is 0.330 e. The molecule has 2 bridgehead atoms. The number of benzene rings is 1. The molecule has 0 heterocycles. The number of allylic oxidation sites excluding steroid dienone is 1. The Balaban J connectivity index is 1.53. The minimum absolute atomic E-state index is 0.0310. The van der Waals surface area contributed by atoms with E-state index in [1.54, 1.807) is 0 Å². The summed E-state index contributed by atoms with van der Waals surface area (Å²) in [6, 6.07) is 9.62. The third-order valence-electron chi connectivity index (χ3n) is 5.22. The molecule has 0 unspecified atom stereocenters. The summed E-state index contributed by atoms with van der Waals surface area (Å²) in [4.78, 5) is 24.1. The van der Waals surface area contributed by atoms with E-state index in [0.717, 1.165) is 37.7 Å². The second-order valence-corrected chi connectivity index (χ2v) is 7.00. The first kappa shape index (κ1) is 16.7. The molecule has 3 aliphatic carbocycles. The number of carbonyl (C=O) groups excluding carboxylic acids is 2. The van der Waals surface area contributed by atoms with Crippen molar-refractivity contribution in [3.8, 4) is 0 Å². The van der Waals surface area contributed by atoms with Crippen LogP contribution in [0.1, 0.15) is 44.6 Å². The summed E-state index contributed by atoms with van der Waals surface area (Å²) in [5, 5.41) is 0. The van der Waals surface area contributed by atoms with Gasteiger partial charge in [-0.3, -0.25) is 4.79 Å². The van der Waals surface area contributed by atoms with E-state index in [1.165, 1.54) is 6.08 Å². The molecule has 4 heteroatoms. The lowest BCUT2D eigenvalue weighted by atomic mass is 9.45. The van der Waals surface area contributed by atoms with Gasteiger partial charge in [0, 0.05) is 6.08 Å². The van der Waals surface area contributed by atoms with Crippen molar-refractivity contribution in [1.29, 1.82) is 0 Å². The van der Waals surface area contributed by atoms with E-state index in [0.29, 0.717) is 6.61 Å². The Morgan fingerprint density at radius 1 is 1.12 bits per heavy atom. The standard InChI is InChI=1S/C20H24O4/c1-2-23-18(22)20-11-6-10-19(14-20,15-20)12-9-17(21)24-13-16-7-4-3-5-8-16/h3-5,7-9,12H,2,6,10-11,13-15H2,1H3/b12-9+. The Bertz CT molecular complexity index is 626. The van der Waals surface area contributed by atoms with Gasteiger partial charge in [0.1, 0.15) is 6.61 Å². The quantitative estimate of drug-likeness (QED) is 0.589. The summed E-state index contributed by atoms with van der Waals surface area (Å²) in [7, 11) is 0. The predicted molar refractivity (Wildman–Crippen MR) is 90.0 cm³/mol. The third-order valence-corrected chi connectivity index (χ3v) is 5.22. The average molecular weight is 328 g/mol. The molecule has 3 saturated carbocycles. The van der Waals surface area contributed by atoms with E-state index in [4.69, 9.17) is 9.47 Å². The van der Waals surface area contributed by atoms with Gasteiger partial charge in [-0.05, 0) is 43.6 Å². The highest BCUT2D eigenvalue weighted by molar-refractivity contribution is 5.83. The van der Waals surface area contributed by atoms with Gasteiger partial charge in [0.15, 0.2) is 0 Å². The van der Waals surface area contributed by atoms with Crippen molar-refractivity contribution in [2.45, 2.75) is 45.6 Å². The number of esters is 2. The van der Waals surface area contributed by atoms with E-state index in [9.17, 15) is 9.59 Å².